The Labute approximate surface area is 153 Å². The summed E-state index contributed by atoms with van der Waals surface area (Å²) in [4.78, 5) is 14.8. The molecule has 25 heavy (non-hydrogen) atoms. The Morgan fingerprint density at radius 1 is 1.44 bits per heavy atom. The van der Waals surface area contributed by atoms with Gasteiger partial charge >= 0.3 is 0 Å². The normalized spacial score (nSPS) is 17.7. The summed E-state index contributed by atoms with van der Waals surface area (Å²) < 4.78 is 7.46. The minimum absolute atomic E-state index is 0.0406. The Kier molecular flexibility index (Phi) is 5.35. The third-order valence-corrected chi connectivity index (χ3v) is 5.20. The summed E-state index contributed by atoms with van der Waals surface area (Å²) in [7, 11) is 3.62. The molecule has 1 atom stereocenters. The Morgan fingerprint density at radius 2 is 2.24 bits per heavy atom. The average molecular weight is 362 g/mol. The molecule has 2 aromatic rings. The summed E-state index contributed by atoms with van der Waals surface area (Å²) in [6, 6.07) is 8.05. The van der Waals surface area contributed by atoms with Crippen molar-refractivity contribution < 1.29 is 9.53 Å². The lowest BCUT2D eigenvalue weighted by atomic mass is 10.1. The number of hydrogen-bond donors (Lipinski definition) is 1. The molecule has 1 aromatic carbocycles. The summed E-state index contributed by atoms with van der Waals surface area (Å²) in [5.74, 6) is 0.533. The maximum atomic E-state index is 12.6. The Balaban J connectivity index is 1.70. The molecule has 134 valence electrons. The van der Waals surface area contributed by atoms with E-state index in [2.05, 4.69) is 20.9 Å². The van der Waals surface area contributed by atoms with Crippen molar-refractivity contribution >= 4 is 23.2 Å². The highest BCUT2D eigenvalue weighted by Crippen LogP contribution is 2.33. The number of rotatable bonds is 5. The lowest BCUT2D eigenvalue weighted by Crippen LogP contribution is -2.33. The number of carbonyl (C=O) groups excluding carboxylic acids is 1. The van der Waals surface area contributed by atoms with Gasteiger partial charge in [0.15, 0.2) is 0 Å². The van der Waals surface area contributed by atoms with E-state index in [1.165, 1.54) is 5.69 Å². The molecule has 0 aliphatic carbocycles. The molecule has 1 saturated heterocycles. The SMILES string of the molecule is COc1cc(Cl)c(C)cc1NC(=O)CN1CCC[C@@H]1c1cccn1C. The van der Waals surface area contributed by atoms with E-state index in [1.807, 2.05) is 32.3 Å². The molecule has 1 amide bonds. The molecule has 1 fully saturated rings. The van der Waals surface area contributed by atoms with Gasteiger partial charge in [0.2, 0.25) is 5.91 Å². The number of hydrogen-bond acceptors (Lipinski definition) is 3. The number of amides is 1. The topological polar surface area (TPSA) is 46.5 Å². The summed E-state index contributed by atoms with van der Waals surface area (Å²) in [5, 5.41) is 3.59. The molecule has 0 unspecified atom stereocenters. The molecule has 1 aliphatic heterocycles. The fourth-order valence-electron chi connectivity index (χ4n) is 3.47. The Morgan fingerprint density at radius 3 is 2.92 bits per heavy atom. The van der Waals surface area contributed by atoms with Gasteiger partial charge in [0.1, 0.15) is 5.75 Å². The summed E-state index contributed by atoms with van der Waals surface area (Å²) in [6.07, 6.45) is 4.23. The summed E-state index contributed by atoms with van der Waals surface area (Å²) >= 11 is 6.13. The van der Waals surface area contributed by atoms with E-state index in [4.69, 9.17) is 16.3 Å². The molecule has 0 bridgehead atoms. The highest BCUT2D eigenvalue weighted by molar-refractivity contribution is 6.31. The quantitative estimate of drug-likeness (QED) is 0.881. The van der Waals surface area contributed by atoms with Crippen molar-refractivity contribution in [1.29, 1.82) is 0 Å². The summed E-state index contributed by atoms with van der Waals surface area (Å²) in [5.41, 5.74) is 2.81. The third kappa shape index (κ3) is 3.83. The van der Waals surface area contributed by atoms with Crippen LogP contribution in [0.3, 0.4) is 0 Å². The van der Waals surface area contributed by atoms with Gasteiger partial charge in [-0.2, -0.15) is 0 Å². The monoisotopic (exact) mass is 361 g/mol. The minimum Gasteiger partial charge on any atom is -0.495 e. The first-order valence-corrected chi connectivity index (χ1v) is 8.86. The highest BCUT2D eigenvalue weighted by Gasteiger charge is 2.29. The van der Waals surface area contributed by atoms with E-state index >= 15 is 0 Å². The first kappa shape index (κ1) is 17.8. The molecular formula is C19H24ClN3O2. The number of benzene rings is 1. The average Bonchev–Trinajstić information content (AvgIpc) is 3.19. The lowest BCUT2D eigenvalue weighted by molar-refractivity contribution is -0.117. The maximum absolute atomic E-state index is 12.6. The number of anilines is 1. The van der Waals surface area contributed by atoms with Crippen LogP contribution in [-0.4, -0.2) is 35.6 Å². The van der Waals surface area contributed by atoms with Crippen LogP contribution in [0.1, 0.15) is 30.1 Å². The maximum Gasteiger partial charge on any atom is 0.238 e. The first-order chi connectivity index (χ1) is 12.0. The second kappa shape index (κ2) is 7.50. The second-order valence-corrected chi connectivity index (χ2v) is 6.93. The minimum atomic E-state index is -0.0406. The van der Waals surface area contributed by atoms with Crippen molar-refractivity contribution in [3.8, 4) is 5.75 Å². The van der Waals surface area contributed by atoms with Crippen molar-refractivity contribution in [3.63, 3.8) is 0 Å². The predicted molar refractivity (Wildman–Crippen MR) is 100 cm³/mol. The van der Waals surface area contributed by atoms with Gasteiger partial charge in [-0.15, -0.1) is 0 Å². The fourth-order valence-corrected chi connectivity index (χ4v) is 3.63. The van der Waals surface area contributed by atoms with Crippen LogP contribution < -0.4 is 10.1 Å². The smallest absolute Gasteiger partial charge is 0.238 e. The molecular weight excluding hydrogens is 338 g/mol. The molecule has 0 saturated carbocycles. The summed E-state index contributed by atoms with van der Waals surface area (Å²) in [6.45, 7) is 3.20. The van der Waals surface area contributed by atoms with Crippen molar-refractivity contribution in [3.05, 3.63) is 46.7 Å². The van der Waals surface area contributed by atoms with Crippen molar-refractivity contribution in [2.75, 3.05) is 25.5 Å². The van der Waals surface area contributed by atoms with Crippen LogP contribution in [0, 0.1) is 6.92 Å². The van der Waals surface area contributed by atoms with Gasteiger partial charge in [0, 0.05) is 30.0 Å². The number of aromatic nitrogens is 1. The number of likely N-dealkylation sites (tertiary alicyclic amines) is 1. The zero-order valence-corrected chi connectivity index (χ0v) is 15.6. The zero-order chi connectivity index (χ0) is 18.0. The largest absolute Gasteiger partial charge is 0.495 e. The number of nitrogens with one attached hydrogen (secondary N) is 1. The van der Waals surface area contributed by atoms with E-state index in [0.29, 0.717) is 29.0 Å². The fraction of sp³-hybridized carbons (Fsp3) is 0.421. The standard InChI is InChI=1S/C19H24ClN3O2/c1-13-10-15(18(25-3)11-14(13)20)21-19(24)12-23-9-5-7-17(23)16-6-4-8-22(16)2/h4,6,8,10-11,17H,5,7,9,12H2,1-3H3,(H,21,24)/t17-/m1/s1. The Bertz CT molecular complexity index is 772. The predicted octanol–water partition coefficient (Wildman–Crippen LogP) is 3.77. The van der Waals surface area contributed by atoms with Crippen LogP contribution in [0.25, 0.3) is 0 Å². The van der Waals surface area contributed by atoms with Crippen LogP contribution in [0.5, 0.6) is 5.75 Å². The number of methoxy groups -OCH3 is 1. The zero-order valence-electron chi connectivity index (χ0n) is 14.9. The second-order valence-electron chi connectivity index (χ2n) is 6.52. The third-order valence-electron chi connectivity index (χ3n) is 4.79. The number of carbonyl (C=O) groups is 1. The van der Waals surface area contributed by atoms with E-state index in [9.17, 15) is 4.79 Å². The van der Waals surface area contributed by atoms with Crippen LogP contribution in [0.4, 0.5) is 5.69 Å². The first-order valence-electron chi connectivity index (χ1n) is 8.49. The molecule has 1 N–H and O–H groups in total. The van der Waals surface area contributed by atoms with E-state index in [0.717, 1.165) is 24.9 Å². The molecule has 0 spiro atoms. The van der Waals surface area contributed by atoms with Gasteiger partial charge in [0.25, 0.3) is 0 Å². The number of ether oxygens (including phenoxy) is 1. The highest BCUT2D eigenvalue weighted by atomic mass is 35.5. The van der Waals surface area contributed by atoms with Gasteiger partial charge in [0.05, 0.1) is 25.4 Å². The molecule has 3 rings (SSSR count). The van der Waals surface area contributed by atoms with E-state index in [1.54, 1.807) is 13.2 Å². The van der Waals surface area contributed by atoms with E-state index < -0.39 is 0 Å². The van der Waals surface area contributed by atoms with Crippen LogP contribution in [0.15, 0.2) is 30.5 Å². The number of aryl methyl sites for hydroxylation is 2. The number of halogens is 1. The van der Waals surface area contributed by atoms with Crippen molar-refractivity contribution in [1.82, 2.24) is 9.47 Å². The van der Waals surface area contributed by atoms with Crippen molar-refractivity contribution in [2.24, 2.45) is 7.05 Å². The van der Waals surface area contributed by atoms with Crippen LogP contribution in [-0.2, 0) is 11.8 Å². The molecule has 1 aliphatic rings. The Hall–Kier alpha value is -1.98. The van der Waals surface area contributed by atoms with Crippen LogP contribution >= 0.6 is 11.6 Å². The van der Waals surface area contributed by atoms with Gasteiger partial charge in [-0.3, -0.25) is 9.69 Å². The van der Waals surface area contributed by atoms with Crippen molar-refractivity contribution in [2.45, 2.75) is 25.8 Å². The van der Waals surface area contributed by atoms with Gasteiger partial charge in [-0.1, -0.05) is 11.6 Å². The van der Waals surface area contributed by atoms with Gasteiger partial charge in [-0.05, 0) is 50.1 Å². The number of nitrogens with zero attached hydrogens (tertiary/aromatic N) is 2. The molecule has 5 nitrogen and oxygen atoms in total. The molecule has 2 heterocycles. The lowest BCUT2D eigenvalue weighted by Gasteiger charge is -2.24. The van der Waals surface area contributed by atoms with Gasteiger partial charge < -0.3 is 14.6 Å². The van der Waals surface area contributed by atoms with E-state index in [-0.39, 0.29) is 5.91 Å². The molecule has 0 radical (unpaired) electrons. The van der Waals surface area contributed by atoms with Crippen LogP contribution in [0.2, 0.25) is 5.02 Å². The van der Waals surface area contributed by atoms with Gasteiger partial charge in [-0.25, -0.2) is 0 Å². The molecule has 1 aromatic heterocycles. The molecule has 6 heteroatoms.